The lowest BCUT2D eigenvalue weighted by molar-refractivity contribution is 0.588. The number of rotatable bonds is 5. The molecule has 5 nitrogen and oxygen atoms in total. The highest BCUT2D eigenvalue weighted by Crippen LogP contribution is 2.32. The summed E-state index contributed by atoms with van der Waals surface area (Å²) >= 11 is 1.67. The smallest absolute Gasteiger partial charge is 0.240 e. The predicted molar refractivity (Wildman–Crippen MR) is 82.7 cm³/mol. The fraction of sp³-hybridized carbons (Fsp3) is 0.538. The zero-order valence-corrected chi connectivity index (χ0v) is 12.7. The van der Waals surface area contributed by atoms with Crippen molar-refractivity contribution >= 4 is 33.3 Å². The van der Waals surface area contributed by atoms with Gasteiger partial charge in [-0.25, -0.2) is 10.8 Å². The number of anilines is 2. The molecule has 0 spiro atoms. The van der Waals surface area contributed by atoms with E-state index >= 15 is 0 Å². The Labute approximate surface area is 117 Å². The van der Waals surface area contributed by atoms with Gasteiger partial charge in [0.1, 0.15) is 10.6 Å². The highest BCUT2D eigenvalue weighted by Gasteiger charge is 2.18. The molecule has 2 rings (SSSR count). The van der Waals surface area contributed by atoms with Crippen molar-refractivity contribution in [3.8, 4) is 0 Å². The molecule has 0 unspecified atom stereocenters. The van der Waals surface area contributed by atoms with Crippen LogP contribution in [0.15, 0.2) is 6.07 Å². The molecule has 0 saturated heterocycles. The fourth-order valence-corrected chi connectivity index (χ4v) is 3.24. The third kappa shape index (κ3) is 2.64. The summed E-state index contributed by atoms with van der Waals surface area (Å²) in [5.41, 5.74) is 2.56. The van der Waals surface area contributed by atoms with Gasteiger partial charge in [-0.15, -0.1) is 11.3 Å². The predicted octanol–water partition coefficient (Wildman–Crippen LogP) is 2.91. The summed E-state index contributed by atoms with van der Waals surface area (Å²) < 4.78 is 0. The van der Waals surface area contributed by atoms with Gasteiger partial charge in [0.05, 0.1) is 5.39 Å². The van der Waals surface area contributed by atoms with Crippen molar-refractivity contribution in [2.45, 2.75) is 39.7 Å². The molecule has 0 aliphatic carbocycles. The topological polar surface area (TPSA) is 67.1 Å². The zero-order valence-electron chi connectivity index (χ0n) is 11.9. The minimum atomic E-state index is 0.474. The van der Waals surface area contributed by atoms with E-state index in [0.29, 0.717) is 12.0 Å². The standard InChI is InChI=1S/C13H21N5S/c1-5-9(6-2)18(4)11-10-7-8(3)19-12(10)16-13(15-11)17-14/h7,9H,5-6,14H2,1-4H3,(H,15,16,17). The number of nitrogens with one attached hydrogen (secondary N) is 1. The largest absolute Gasteiger partial charge is 0.356 e. The third-order valence-corrected chi connectivity index (χ3v) is 4.39. The quantitative estimate of drug-likeness (QED) is 0.650. The number of thiophene rings is 1. The second-order valence-electron chi connectivity index (χ2n) is 4.67. The molecule has 104 valence electrons. The molecule has 19 heavy (non-hydrogen) atoms. The van der Waals surface area contributed by atoms with E-state index in [2.05, 4.69) is 54.2 Å². The van der Waals surface area contributed by atoms with E-state index in [1.54, 1.807) is 11.3 Å². The summed E-state index contributed by atoms with van der Waals surface area (Å²) in [5.74, 6) is 6.90. The molecule has 0 saturated carbocycles. The molecular weight excluding hydrogens is 258 g/mol. The van der Waals surface area contributed by atoms with Gasteiger partial charge in [-0.2, -0.15) is 4.98 Å². The van der Waals surface area contributed by atoms with Crippen LogP contribution in [-0.4, -0.2) is 23.1 Å². The number of aromatic nitrogens is 2. The van der Waals surface area contributed by atoms with Gasteiger partial charge in [-0.1, -0.05) is 13.8 Å². The number of hydrazine groups is 1. The van der Waals surface area contributed by atoms with Gasteiger partial charge in [-0.3, -0.25) is 5.43 Å². The number of aryl methyl sites for hydroxylation is 1. The lowest BCUT2D eigenvalue weighted by Crippen LogP contribution is -2.31. The SMILES string of the molecule is CCC(CC)N(C)c1nc(NN)nc2sc(C)cc12. The van der Waals surface area contributed by atoms with Crippen LogP contribution in [0.4, 0.5) is 11.8 Å². The van der Waals surface area contributed by atoms with Crippen molar-refractivity contribution in [2.24, 2.45) is 5.84 Å². The van der Waals surface area contributed by atoms with Crippen molar-refractivity contribution in [3.05, 3.63) is 10.9 Å². The van der Waals surface area contributed by atoms with Crippen LogP contribution in [-0.2, 0) is 0 Å². The number of nitrogens with zero attached hydrogens (tertiary/aromatic N) is 3. The molecule has 2 aromatic rings. The lowest BCUT2D eigenvalue weighted by atomic mass is 10.1. The normalized spacial score (nSPS) is 11.3. The summed E-state index contributed by atoms with van der Waals surface area (Å²) in [5, 5.41) is 1.11. The van der Waals surface area contributed by atoms with E-state index in [1.807, 2.05) is 0 Å². The van der Waals surface area contributed by atoms with Gasteiger partial charge in [0.25, 0.3) is 0 Å². The second-order valence-corrected chi connectivity index (χ2v) is 5.91. The Morgan fingerprint density at radius 1 is 1.37 bits per heavy atom. The molecule has 2 heterocycles. The molecule has 0 aromatic carbocycles. The maximum absolute atomic E-state index is 5.47. The van der Waals surface area contributed by atoms with E-state index in [-0.39, 0.29) is 0 Å². The number of hydrogen-bond donors (Lipinski definition) is 2. The number of nitrogens with two attached hydrogens (primary N) is 1. The second kappa shape index (κ2) is 5.71. The summed E-state index contributed by atoms with van der Waals surface area (Å²) in [6.07, 6.45) is 2.18. The monoisotopic (exact) mass is 279 g/mol. The molecule has 2 aromatic heterocycles. The van der Waals surface area contributed by atoms with E-state index in [9.17, 15) is 0 Å². The van der Waals surface area contributed by atoms with Crippen LogP contribution >= 0.6 is 11.3 Å². The molecule has 0 aliphatic heterocycles. The van der Waals surface area contributed by atoms with E-state index in [4.69, 9.17) is 5.84 Å². The van der Waals surface area contributed by atoms with Crippen molar-refractivity contribution in [3.63, 3.8) is 0 Å². The molecule has 3 N–H and O–H groups in total. The molecule has 0 amide bonds. The Morgan fingerprint density at radius 2 is 2.05 bits per heavy atom. The Morgan fingerprint density at radius 3 is 2.63 bits per heavy atom. The van der Waals surface area contributed by atoms with Gasteiger partial charge < -0.3 is 4.90 Å². The molecule has 0 bridgehead atoms. The van der Waals surface area contributed by atoms with Crippen LogP contribution in [0.1, 0.15) is 31.6 Å². The Balaban J connectivity index is 2.56. The third-order valence-electron chi connectivity index (χ3n) is 3.45. The van der Waals surface area contributed by atoms with Crippen LogP contribution in [0, 0.1) is 6.92 Å². The first-order valence-corrected chi connectivity index (χ1v) is 7.39. The van der Waals surface area contributed by atoms with Gasteiger partial charge >= 0.3 is 0 Å². The van der Waals surface area contributed by atoms with E-state index < -0.39 is 0 Å². The maximum Gasteiger partial charge on any atom is 0.240 e. The average molecular weight is 279 g/mol. The van der Waals surface area contributed by atoms with Gasteiger partial charge in [0.2, 0.25) is 5.95 Å². The van der Waals surface area contributed by atoms with Crippen LogP contribution in [0.3, 0.4) is 0 Å². The summed E-state index contributed by atoms with van der Waals surface area (Å²) in [7, 11) is 2.09. The first-order valence-electron chi connectivity index (χ1n) is 6.58. The zero-order chi connectivity index (χ0) is 14.0. The lowest BCUT2D eigenvalue weighted by Gasteiger charge is -2.28. The van der Waals surface area contributed by atoms with Crippen molar-refractivity contribution < 1.29 is 0 Å². The van der Waals surface area contributed by atoms with Gasteiger partial charge in [0.15, 0.2) is 0 Å². The van der Waals surface area contributed by atoms with Crippen LogP contribution in [0.25, 0.3) is 10.2 Å². The summed E-state index contributed by atoms with van der Waals surface area (Å²) in [4.78, 5) is 13.4. The average Bonchev–Trinajstić information content (AvgIpc) is 2.78. The highest BCUT2D eigenvalue weighted by molar-refractivity contribution is 7.18. The maximum atomic E-state index is 5.47. The number of hydrogen-bond acceptors (Lipinski definition) is 6. The van der Waals surface area contributed by atoms with Crippen LogP contribution < -0.4 is 16.2 Å². The minimum absolute atomic E-state index is 0.474. The summed E-state index contributed by atoms with van der Waals surface area (Å²) in [6.45, 7) is 6.48. The van der Waals surface area contributed by atoms with Crippen molar-refractivity contribution in [1.29, 1.82) is 0 Å². The molecule has 0 aliphatic rings. The van der Waals surface area contributed by atoms with Crippen LogP contribution in [0.5, 0.6) is 0 Å². The molecule has 0 fully saturated rings. The Hall–Kier alpha value is -1.40. The number of fused-ring (bicyclic) bond motifs is 1. The first-order chi connectivity index (χ1) is 9.10. The molecular formula is C13H21N5S. The molecule has 0 atom stereocenters. The summed E-state index contributed by atoms with van der Waals surface area (Å²) in [6, 6.07) is 2.62. The van der Waals surface area contributed by atoms with E-state index in [0.717, 1.165) is 28.9 Å². The van der Waals surface area contributed by atoms with Crippen LogP contribution in [0.2, 0.25) is 0 Å². The van der Waals surface area contributed by atoms with Crippen molar-refractivity contribution in [1.82, 2.24) is 9.97 Å². The van der Waals surface area contributed by atoms with Gasteiger partial charge in [-0.05, 0) is 25.8 Å². The molecule has 6 heteroatoms. The Kier molecular flexibility index (Phi) is 4.21. The minimum Gasteiger partial charge on any atom is -0.356 e. The fourth-order valence-electron chi connectivity index (χ4n) is 2.37. The van der Waals surface area contributed by atoms with Gasteiger partial charge in [0, 0.05) is 18.0 Å². The van der Waals surface area contributed by atoms with E-state index in [1.165, 1.54) is 4.88 Å². The molecule has 0 radical (unpaired) electrons. The number of nitrogen functional groups attached to an aromatic ring is 1. The Bertz CT molecular complexity index is 561. The van der Waals surface area contributed by atoms with Crippen molar-refractivity contribution in [2.75, 3.05) is 17.4 Å². The highest BCUT2D eigenvalue weighted by atomic mass is 32.1. The first kappa shape index (κ1) is 14.0.